The maximum Gasteiger partial charge on any atom is 0.513 e. The number of carbonyl (C=O) groups is 2. The lowest BCUT2D eigenvalue weighted by Crippen LogP contribution is -2.44. The molecule has 0 aromatic heterocycles. The number of ether oxygens (including phenoxy) is 2. The quantitative estimate of drug-likeness (QED) is 0.518. The molecule has 2 N–H and O–H groups in total. The number of benzene rings is 2. The van der Waals surface area contributed by atoms with Gasteiger partial charge < -0.3 is 20.1 Å². The molecule has 2 aromatic carbocycles. The van der Waals surface area contributed by atoms with Gasteiger partial charge in [-0.3, -0.25) is 4.79 Å². The van der Waals surface area contributed by atoms with Gasteiger partial charge in [0.05, 0.1) is 12.6 Å². The second-order valence-electron chi connectivity index (χ2n) is 7.49. The molecule has 0 aliphatic carbocycles. The molecule has 3 rings (SSSR count). The van der Waals surface area contributed by atoms with Gasteiger partial charge in [0.15, 0.2) is 0 Å². The van der Waals surface area contributed by atoms with Crippen LogP contribution in [-0.2, 0) is 22.4 Å². The number of halogens is 1. The molecule has 1 amide bonds. The Labute approximate surface area is 179 Å². The summed E-state index contributed by atoms with van der Waals surface area (Å²) in [7, 11) is 0. The van der Waals surface area contributed by atoms with Crippen molar-refractivity contribution in [3.8, 4) is 5.75 Å². The second kappa shape index (κ2) is 9.41. The molecule has 0 bridgehead atoms. The van der Waals surface area contributed by atoms with Crippen LogP contribution in [0, 0.1) is 5.92 Å². The second-order valence-corrected chi connectivity index (χ2v) is 8.34. The van der Waals surface area contributed by atoms with Gasteiger partial charge in [0.25, 0.3) is 0 Å². The summed E-state index contributed by atoms with van der Waals surface area (Å²) >= 11 is 3.47. The highest BCUT2D eigenvalue weighted by Crippen LogP contribution is 2.29. The third-order valence-corrected chi connectivity index (χ3v) is 5.41. The number of rotatable bonds is 6. The number of hydrogen-bond acceptors (Lipinski definition) is 5. The van der Waals surface area contributed by atoms with Crippen molar-refractivity contribution < 1.29 is 19.1 Å². The van der Waals surface area contributed by atoms with Crippen LogP contribution in [0.3, 0.4) is 0 Å². The largest absolute Gasteiger partial charge is 0.513 e. The van der Waals surface area contributed by atoms with Crippen LogP contribution in [0.15, 0.2) is 46.9 Å². The van der Waals surface area contributed by atoms with Crippen LogP contribution in [0.2, 0.25) is 0 Å². The predicted octanol–water partition coefficient (Wildman–Crippen LogP) is 4.08. The molecule has 1 aliphatic heterocycles. The number of nitrogens with zero attached hydrogens (tertiary/aromatic N) is 1. The van der Waals surface area contributed by atoms with Crippen LogP contribution in [0.1, 0.15) is 25.0 Å². The topological polar surface area (TPSA) is 81.9 Å². The van der Waals surface area contributed by atoms with Crippen LogP contribution < -0.4 is 15.4 Å². The van der Waals surface area contributed by atoms with Gasteiger partial charge in [-0.1, -0.05) is 54.0 Å². The normalized spacial score (nSPS) is 13.9. The van der Waals surface area contributed by atoms with Crippen LogP contribution in [0.5, 0.6) is 5.75 Å². The van der Waals surface area contributed by atoms with Crippen molar-refractivity contribution in [1.82, 2.24) is 0 Å². The van der Waals surface area contributed by atoms with Crippen LogP contribution in [0.25, 0.3) is 0 Å². The Morgan fingerprint density at radius 3 is 2.69 bits per heavy atom. The standard InChI is InChI=1S/C22H25BrN2O4/c1-14(2)13-28-22(27)29-17-8-7-16(18(23)12-17)11-19(24)21(26)25-10-9-15-5-3-4-6-20(15)25/h3-8,12,14,19H,9-11,13,24H2,1-2H3/t19-/m0/s1. The Kier molecular flexibility index (Phi) is 6.92. The smallest absolute Gasteiger partial charge is 0.434 e. The summed E-state index contributed by atoms with van der Waals surface area (Å²) < 4.78 is 10.9. The first-order valence-electron chi connectivity index (χ1n) is 9.63. The number of para-hydroxylation sites is 1. The number of fused-ring (bicyclic) bond motifs is 1. The van der Waals surface area contributed by atoms with Gasteiger partial charge in [0.1, 0.15) is 5.75 Å². The number of hydrogen-bond donors (Lipinski definition) is 1. The van der Waals surface area contributed by atoms with Gasteiger partial charge in [-0.2, -0.15) is 0 Å². The number of anilines is 1. The fourth-order valence-corrected chi connectivity index (χ4v) is 3.73. The Hall–Kier alpha value is -2.38. The van der Waals surface area contributed by atoms with Gasteiger partial charge >= 0.3 is 6.16 Å². The molecule has 7 heteroatoms. The van der Waals surface area contributed by atoms with Gasteiger partial charge in [-0.05, 0) is 48.1 Å². The molecule has 1 aliphatic rings. The van der Waals surface area contributed by atoms with Gasteiger partial charge in [0.2, 0.25) is 5.91 Å². The van der Waals surface area contributed by atoms with Crippen molar-refractivity contribution in [2.75, 3.05) is 18.1 Å². The summed E-state index contributed by atoms with van der Waals surface area (Å²) in [4.78, 5) is 26.3. The van der Waals surface area contributed by atoms with E-state index in [0.717, 1.165) is 22.1 Å². The zero-order valence-corrected chi connectivity index (χ0v) is 18.1. The zero-order chi connectivity index (χ0) is 21.0. The summed E-state index contributed by atoms with van der Waals surface area (Å²) in [5.41, 5.74) is 9.19. The van der Waals surface area contributed by atoms with Crippen LogP contribution in [0.4, 0.5) is 10.5 Å². The van der Waals surface area contributed by atoms with Crippen molar-refractivity contribution in [1.29, 1.82) is 0 Å². The van der Waals surface area contributed by atoms with Gasteiger partial charge in [-0.25, -0.2) is 4.79 Å². The van der Waals surface area contributed by atoms with Crippen molar-refractivity contribution in [3.05, 3.63) is 58.1 Å². The van der Waals surface area contributed by atoms with Crippen molar-refractivity contribution >= 4 is 33.7 Å². The first-order chi connectivity index (χ1) is 13.8. The van der Waals surface area contributed by atoms with Crippen molar-refractivity contribution in [3.63, 3.8) is 0 Å². The van der Waals surface area contributed by atoms with Crippen LogP contribution >= 0.6 is 15.9 Å². The summed E-state index contributed by atoms with van der Waals surface area (Å²) in [6.45, 7) is 4.85. The highest BCUT2D eigenvalue weighted by atomic mass is 79.9. The van der Waals surface area contributed by atoms with E-state index in [4.69, 9.17) is 15.2 Å². The first-order valence-corrected chi connectivity index (χ1v) is 10.4. The molecular weight excluding hydrogens is 436 g/mol. The van der Waals surface area contributed by atoms with E-state index in [2.05, 4.69) is 15.9 Å². The maximum atomic E-state index is 12.9. The number of carbonyl (C=O) groups excluding carboxylic acids is 2. The Morgan fingerprint density at radius 1 is 1.21 bits per heavy atom. The molecule has 0 unspecified atom stereocenters. The first kappa shape index (κ1) is 21.3. The molecule has 154 valence electrons. The molecular formula is C22H25BrN2O4. The monoisotopic (exact) mass is 460 g/mol. The zero-order valence-electron chi connectivity index (χ0n) is 16.6. The molecule has 0 saturated heterocycles. The van der Waals surface area contributed by atoms with Gasteiger partial charge in [0, 0.05) is 16.7 Å². The molecule has 29 heavy (non-hydrogen) atoms. The predicted molar refractivity (Wildman–Crippen MR) is 115 cm³/mol. The van der Waals surface area contributed by atoms with E-state index in [1.165, 1.54) is 5.56 Å². The number of amides is 1. The lowest BCUT2D eigenvalue weighted by molar-refractivity contribution is -0.119. The van der Waals surface area contributed by atoms with Crippen LogP contribution in [-0.4, -0.2) is 31.3 Å². The third kappa shape index (κ3) is 5.36. The number of nitrogens with two attached hydrogens (primary N) is 1. The molecule has 0 saturated carbocycles. The van der Waals surface area contributed by atoms with E-state index >= 15 is 0 Å². The average Bonchev–Trinajstić information content (AvgIpc) is 3.12. The molecule has 1 atom stereocenters. The minimum Gasteiger partial charge on any atom is -0.434 e. The van der Waals surface area contributed by atoms with E-state index in [-0.39, 0.29) is 11.8 Å². The molecule has 0 fully saturated rings. The third-order valence-electron chi connectivity index (χ3n) is 4.67. The van der Waals surface area contributed by atoms with E-state index < -0.39 is 12.2 Å². The minimum absolute atomic E-state index is 0.0977. The van der Waals surface area contributed by atoms with Gasteiger partial charge in [-0.15, -0.1) is 0 Å². The van der Waals surface area contributed by atoms with Crippen molar-refractivity contribution in [2.45, 2.75) is 32.7 Å². The van der Waals surface area contributed by atoms with E-state index in [1.54, 1.807) is 23.1 Å². The average molecular weight is 461 g/mol. The summed E-state index contributed by atoms with van der Waals surface area (Å²) in [6, 6.07) is 12.4. The Bertz CT molecular complexity index is 900. The molecule has 0 spiro atoms. The molecule has 0 radical (unpaired) electrons. The van der Waals surface area contributed by atoms with Crippen molar-refractivity contribution in [2.24, 2.45) is 11.7 Å². The minimum atomic E-state index is -0.738. The molecule has 1 heterocycles. The molecule has 2 aromatic rings. The molecule has 6 nitrogen and oxygen atoms in total. The summed E-state index contributed by atoms with van der Waals surface area (Å²) in [6.07, 6.45) is 0.478. The fourth-order valence-electron chi connectivity index (χ4n) is 3.21. The maximum absolute atomic E-state index is 12.9. The SMILES string of the molecule is CC(C)COC(=O)Oc1ccc(C[C@H](N)C(=O)N2CCc3ccccc32)c(Br)c1. The highest BCUT2D eigenvalue weighted by Gasteiger charge is 2.28. The van der Waals surface area contributed by atoms with E-state index in [0.29, 0.717) is 25.3 Å². The highest BCUT2D eigenvalue weighted by molar-refractivity contribution is 9.10. The Morgan fingerprint density at radius 2 is 1.97 bits per heavy atom. The lowest BCUT2D eigenvalue weighted by Gasteiger charge is -2.22. The summed E-state index contributed by atoms with van der Waals surface area (Å²) in [5.74, 6) is 0.500. The summed E-state index contributed by atoms with van der Waals surface area (Å²) in [5, 5.41) is 0. The fraction of sp³-hybridized carbons (Fsp3) is 0.364. The lowest BCUT2D eigenvalue weighted by atomic mass is 10.1. The van der Waals surface area contributed by atoms with E-state index in [9.17, 15) is 9.59 Å². The Balaban J connectivity index is 1.61. The van der Waals surface area contributed by atoms with E-state index in [1.807, 2.05) is 38.1 Å².